The van der Waals surface area contributed by atoms with Gasteiger partial charge in [0, 0.05) is 37.8 Å². The molecule has 1 N–H and O–H groups in total. The first-order valence-corrected chi connectivity index (χ1v) is 11.7. The van der Waals surface area contributed by atoms with E-state index in [1.165, 1.54) is 4.90 Å². The van der Waals surface area contributed by atoms with Gasteiger partial charge >= 0.3 is 5.69 Å². The molecule has 2 amide bonds. The second kappa shape index (κ2) is 10.5. The van der Waals surface area contributed by atoms with E-state index in [0.29, 0.717) is 43.5 Å². The van der Waals surface area contributed by atoms with Crippen molar-refractivity contribution in [2.24, 2.45) is 0 Å². The SMILES string of the molecule is CCCn1c(=O)n(CCC(=O)N(CC)CC(=O)Nc2ccc3c(c2)OCCO3)c2ccccc21. The Hall–Kier alpha value is -3.75. The van der Waals surface area contributed by atoms with Crippen molar-refractivity contribution >= 4 is 28.5 Å². The van der Waals surface area contributed by atoms with E-state index in [0.717, 1.165) is 17.5 Å². The Morgan fingerprint density at radius 1 is 0.971 bits per heavy atom. The molecule has 3 aromatic rings. The van der Waals surface area contributed by atoms with Crippen molar-refractivity contribution in [2.75, 3.05) is 31.6 Å². The number of ether oxygens (including phenoxy) is 2. The molecule has 1 aliphatic heterocycles. The van der Waals surface area contributed by atoms with Crippen molar-refractivity contribution in [2.45, 2.75) is 39.8 Å². The van der Waals surface area contributed by atoms with Crippen LogP contribution in [-0.4, -0.2) is 52.2 Å². The van der Waals surface area contributed by atoms with Crippen LogP contribution in [0.25, 0.3) is 11.0 Å². The lowest BCUT2D eigenvalue weighted by molar-refractivity contribution is -0.134. The lowest BCUT2D eigenvalue weighted by Crippen LogP contribution is -2.38. The molecule has 9 heteroatoms. The van der Waals surface area contributed by atoms with Crippen molar-refractivity contribution in [1.29, 1.82) is 0 Å². The Morgan fingerprint density at radius 3 is 2.32 bits per heavy atom. The second-order valence-corrected chi connectivity index (χ2v) is 8.14. The zero-order valence-corrected chi connectivity index (χ0v) is 19.6. The highest BCUT2D eigenvalue weighted by atomic mass is 16.6. The smallest absolute Gasteiger partial charge is 0.329 e. The van der Waals surface area contributed by atoms with Gasteiger partial charge < -0.3 is 19.7 Å². The minimum Gasteiger partial charge on any atom is -0.486 e. The minimum absolute atomic E-state index is 0.0731. The average molecular weight is 467 g/mol. The quantitative estimate of drug-likeness (QED) is 0.523. The highest BCUT2D eigenvalue weighted by Crippen LogP contribution is 2.32. The molecule has 0 spiro atoms. The highest BCUT2D eigenvalue weighted by Gasteiger charge is 2.19. The van der Waals surface area contributed by atoms with E-state index >= 15 is 0 Å². The van der Waals surface area contributed by atoms with Gasteiger partial charge in [0.2, 0.25) is 11.8 Å². The molecule has 4 rings (SSSR count). The molecule has 2 heterocycles. The fourth-order valence-electron chi connectivity index (χ4n) is 4.17. The molecule has 0 atom stereocenters. The number of imidazole rings is 1. The Kier molecular flexibility index (Phi) is 7.20. The molecule has 0 radical (unpaired) electrons. The molecule has 0 saturated heterocycles. The van der Waals surface area contributed by atoms with E-state index < -0.39 is 0 Å². The molecule has 1 aromatic heterocycles. The number of hydrogen-bond donors (Lipinski definition) is 1. The minimum atomic E-state index is -0.302. The van der Waals surface area contributed by atoms with E-state index in [9.17, 15) is 14.4 Å². The number of anilines is 1. The average Bonchev–Trinajstić information content (AvgIpc) is 3.12. The lowest BCUT2D eigenvalue weighted by atomic mass is 10.2. The molecule has 34 heavy (non-hydrogen) atoms. The third-order valence-corrected chi connectivity index (χ3v) is 5.82. The summed E-state index contributed by atoms with van der Waals surface area (Å²) in [6.45, 7) is 6.01. The predicted molar refractivity (Wildman–Crippen MR) is 129 cm³/mol. The summed E-state index contributed by atoms with van der Waals surface area (Å²) in [7, 11) is 0. The van der Waals surface area contributed by atoms with Gasteiger partial charge in [-0.2, -0.15) is 0 Å². The summed E-state index contributed by atoms with van der Waals surface area (Å²) < 4.78 is 14.4. The largest absolute Gasteiger partial charge is 0.486 e. The summed E-state index contributed by atoms with van der Waals surface area (Å²) in [6.07, 6.45) is 0.972. The summed E-state index contributed by atoms with van der Waals surface area (Å²) in [5.41, 5.74) is 2.14. The number of rotatable bonds is 9. The van der Waals surface area contributed by atoms with Crippen LogP contribution in [0.4, 0.5) is 5.69 Å². The fraction of sp³-hybridized carbons (Fsp3) is 0.400. The number of aromatic nitrogens is 2. The first-order chi connectivity index (χ1) is 16.5. The molecular formula is C25H30N4O5. The third kappa shape index (κ3) is 4.93. The number of aryl methyl sites for hydroxylation is 2. The van der Waals surface area contributed by atoms with Crippen molar-refractivity contribution in [3.63, 3.8) is 0 Å². The Balaban J connectivity index is 1.39. The zero-order chi connectivity index (χ0) is 24.1. The monoisotopic (exact) mass is 466 g/mol. The summed E-state index contributed by atoms with van der Waals surface area (Å²) in [4.78, 5) is 39.9. The standard InChI is InChI=1S/C25H30N4O5/c1-3-12-28-19-7-5-6-8-20(19)29(25(28)32)13-11-24(31)27(4-2)17-23(30)26-18-9-10-21-22(16-18)34-15-14-33-21/h5-10,16H,3-4,11-15,17H2,1-2H3,(H,26,30). The van der Waals surface area contributed by atoms with E-state index in [-0.39, 0.29) is 37.0 Å². The molecule has 0 fully saturated rings. The lowest BCUT2D eigenvalue weighted by Gasteiger charge is -2.21. The number of fused-ring (bicyclic) bond motifs is 2. The number of likely N-dealkylation sites (N-methyl/N-ethyl adjacent to an activating group) is 1. The second-order valence-electron chi connectivity index (χ2n) is 8.14. The molecular weight excluding hydrogens is 436 g/mol. The number of nitrogens with one attached hydrogen (secondary N) is 1. The number of carbonyl (C=O) groups excluding carboxylic acids is 2. The van der Waals surface area contributed by atoms with Crippen LogP contribution < -0.4 is 20.5 Å². The van der Waals surface area contributed by atoms with Gasteiger partial charge in [0.15, 0.2) is 11.5 Å². The summed E-state index contributed by atoms with van der Waals surface area (Å²) in [5.74, 6) is 0.743. The van der Waals surface area contributed by atoms with Gasteiger partial charge in [0.1, 0.15) is 13.2 Å². The molecule has 180 valence electrons. The maximum atomic E-state index is 12.9. The molecule has 0 bridgehead atoms. The Morgan fingerprint density at radius 2 is 1.65 bits per heavy atom. The van der Waals surface area contributed by atoms with Gasteiger partial charge in [-0.15, -0.1) is 0 Å². The summed E-state index contributed by atoms with van der Waals surface area (Å²) >= 11 is 0. The van der Waals surface area contributed by atoms with Gasteiger partial charge in [0.05, 0.1) is 17.6 Å². The number of benzene rings is 2. The van der Waals surface area contributed by atoms with Gasteiger partial charge in [-0.1, -0.05) is 19.1 Å². The van der Waals surface area contributed by atoms with E-state index in [2.05, 4.69) is 5.32 Å². The third-order valence-electron chi connectivity index (χ3n) is 5.82. The molecule has 1 aliphatic rings. The highest BCUT2D eigenvalue weighted by molar-refractivity contribution is 5.94. The van der Waals surface area contributed by atoms with Crippen molar-refractivity contribution in [3.05, 3.63) is 52.9 Å². The van der Waals surface area contributed by atoms with Gasteiger partial charge in [-0.05, 0) is 37.6 Å². The zero-order valence-electron chi connectivity index (χ0n) is 19.6. The maximum Gasteiger partial charge on any atom is 0.329 e. The van der Waals surface area contributed by atoms with Crippen LogP contribution in [0.15, 0.2) is 47.3 Å². The van der Waals surface area contributed by atoms with Crippen molar-refractivity contribution in [3.8, 4) is 11.5 Å². The van der Waals surface area contributed by atoms with Crippen LogP contribution in [0.5, 0.6) is 11.5 Å². The summed E-state index contributed by atoms with van der Waals surface area (Å²) in [6, 6.07) is 12.8. The normalized spacial score (nSPS) is 12.5. The van der Waals surface area contributed by atoms with Crippen molar-refractivity contribution < 1.29 is 19.1 Å². The fourth-order valence-corrected chi connectivity index (χ4v) is 4.17. The van der Waals surface area contributed by atoms with Crippen LogP contribution in [-0.2, 0) is 22.7 Å². The van der Waals surface area contributed by atoms with Crippen LogP contribution in [0, 0.1) is 0 Å². The van der Waals surface area contributed by atoms with E-state index in [1.807, 2.05) is 38.1 Å². The van der Waals surface area contributed by atoms with Gasteiger partial charge in [0.25, 0.3) is 0 Å². The Bertz CT molecular complexity index is 1250. The first-order valence-electron chi connectivity index (χ1n) is 11.7. The predicted octanol–water partition coefficient (Wildman–Crippen LogP) is 2.86. The maximum absolute atomic E-state index is 12.9. The molecule has 0 aliphatic carbocycles. The van der Waals surface area contributed by atoms with E-state index in [1.54, 1.807) is 27.3 Å². The number of carbonyl (C=O) groups is 2. The number of amides is 2. The molecule has 0 unspecified atom stereocenters. The van der Waals surface area contributed by atoms with Crippen LogP contribution in [0.2, 0.25) is 0 Å². The molecule has 0 saturated carbocycles. The number of hydrogen-bond acceptors (Lipinski definition) is 5. The van der Waals surface area contributed by atoms with Gasteiger partial charge in [-0.25, -0.2) is 4.79 Å². The van der Waals surface area contributed by atoms with E-state index in [4.69, 9.17) is 9.47 Å². The number of para-hydroxylation sites is 2. The van der Waals surface area contributed by atoms with Crippen LogP contribution >= 0.6 is 0 Å². The molecule has 9 nitrogen and oxygen atoms in total. The van der Waals surface area contributed by atoms with Gasteiger partial charge in [-0.3, -0.25) is 18.7 Å². The van der Waals surface area contributed by atoms with Crippen LogP contribution in [0.3, 0.4) is 0 Å². The summed E-state index contributed by atoms with van der Waals surface area (Å²) in [5, 5.41) is 2.81. The topological polar surface area (TPSA) is 94.8 Å². The first kappa shape index (κ1) is 23.4. The molecule has 2 aromatic carbocycles. The van der Waals surface area contributed by atoms with Crippen molar-refractivity contribution in [1.82, 2.24) is 14.0 Å². The number of nitrogens with zero attached hydrogens (tertiary/aromatic N) is 3. The van der Waals surface area contributed by atoms with Crippen LogP contribution in [0.1, 0.15) is 26.7 Å². The Labute approximate surface area is 197 Å².